The molecule has 0 aromatic heterocycles. The molecular formula is C19H13FN2O2S2. The van der Waals surface area contributed by atoms with Crippen LogP contribution < -0.4 is 5.14 Å². The summed E-state index contributed by atoms with van der Waals surface area (Å²) in [5, 5.41) is 13.8. The van der Waals surface area contributed by atoms with E-state index in [1.54, 1.807) is 18.2 Å². The number of benzene rings is 2. The topological polar surface area (TPSA) is 83.9 Å². The van der Waals surface area contributed by atoms with Crippen molar-refractivity contribution in [1.82, 2.24) is 0 Å². The number of halogens is 1. The highest BCUT2D eigenvalue weighted by Gasteiger charge is 2.19. The molecule has 0 heterocycles. The number of thiocarbonyl (C=S) groups is 1. The zero-order valence-corrected chi connectivity index (χ0v) is 15.0. The van der Waals surface area contributed by atoms with E-state index in [-0.39, 0.29) is 5.92 Å². The minimum absolute atomic E-state index is 0.116. The average molecular weight is 384 g/mol. The van der Waals surface area contributed by atoms with Crippen molar-refractivity contribution in [3.8, 4) is 6.07 Å². The summed E-state index contributed by atoms with van der Waals surface area (Å²) >= 11 is 5.46. The lowest BCUT2D eigenvalue weighted by molar-refractivity contribution is 0.568. The maximum atomic E-state index is 14.0. The first-order valence-electron chi connectivity index (χ1n) is 7.56. The van der Waals surface area contributed by atoms with Gasteiger partial charge in [0.05, 0.1) is 11.6 Å². The predicted molar refractivity (Wildman–Crippen MR) is 101 cm³/mol. The molecule has 130 valence electrons. The number of rotatable bonds is 3. The van der Waals surface area contributed by atoms with Crippen LogP contribution in [0.5, 0.6) is 0 Å². The number of allylic oxidation sites excluding steroid dienone is 4. The molecule has 0 amide bonds. The van der Waals surface area contributed by atoms with E-state index in [2.05, 4.69) is 6.07 Å². The number of hydrogen-bond acceptors (Lipinski definition) is 4. The molecule has 2 aromatic rings. The lowest BCUT2D eigenvalue weighted by Crippen LogP contribution is -2.14. The summed E-state index contributed by atoms with van der Waals surface area (Å²) in [6.45, 7) is 0. The van der Waals surface area contributed by atoms with E-state index in [1.807, 2.05) is 24.3 Å². The van der Waals surface area contributed by atoms with Gasteiger partial charge in [0, 0.05) is 10.8 Å². The fraction of sp³-hybridized carbons (Fsp3) is 0.0526. The van der Waals surface area contributed by atoms with Gasteiger partial charge in [-0.2, -0.15) is 5.26 Å². The molecule has 0 aliphatic heterocycles. The minimum atomic E-state index is -4.10. The van der Waals surface area contributed by atoms with Gasteiger partial charge in [-0.25, -0.2) is 17.9 Å². The van der Waals surface area contributed by atoms with Crippen molar-refractivity contribution in [1.29, 1.82) is 5.26 Å². The molecule has 1 unspecified atom stereocenters. The summed E-state index contributed by atoms with van der Waals surface area (Å²) in [7, 11) is -4.10. The second-order valence-electron chi connectivity index (χ2n) is 5.76. The van der Waals surface area contributed by atoms with E-state index in [4.69, 9.17) is 22.6 Å². The van der Waals surface area contributed by atoms with Crippen LogP contribution in [0.25, 0.3) is 5.57 Å². The fourth-order valence-corrected chi connectivity index (χ4v) is 3.65. The molecule has 2 aromatic carbocycles. The average Bonchev–Trinajstić information content (AvgIpc) is 2.60. The number of nitrogens with zero attached hydrogens (tertiary/aromatic N) is 1. The van der Waals surface area contributed by atoms with Gasteiger partial charge in [-0.05, 0) is 47.0 Å². The van der Waals surface area contributed by atoms with Gasteiger partial charge in [0.25, 0.3) is 0 Å². The highest BCUT2D eigenvalue weighted by Crippen LogP contribution is 2.30. The number of hydrogen-bond donors (Lipinski definition) is 1. The maximum absolute atomic E-state index is 14.0. The van der Waals surface area contributed by atoms with Gasteiger partial charge in [-0.3, -0.25) is 0 Å². The Balaban J connectivity index is 1.89. The van der Waals surface area contributed by atoms with E-state index < -0.39 is 20.7 Å². The van der Waals surface area contributed by atoms with Crippen molar-refractivity contribution < 1.29 is 12.8 Å². The molecule has 2 N–H and O–H groups in total. The molecule has 26 heavy (non-hydrogen) atoms. The first kappa shape index (κ1) is 18.1. The molecule has 7 heteroatoms. The molecule has 1 aliphatic rings. The predicted octanol–water partition coefficient (Wildman–Crippen LogP) is 3.45. The van der Waals surface area contributed by atoms with Crippen LogP contribution in [0.2, 0.25) is 0 Å². The van der Waals surface area contributed by atoms with Crippen molar-refractivity contribution in [2.24, 2.45) is 5.14 Å². The number of nitriles is 1. The Morgan fingerprint density at radius 2 is 1.85 bits per heavy atom. The molecule has 0 radical (unpaired) electrons. The Hall–Kier alpha value is -2.66. The van der Waals surface area contributed by atoms with Gasteiger partial charge in [-0.15, -0.1) is 0 Å². The van der Waals surface area contributed by atoms with Crippen LogP contribution in [-0.2, 0) is 10.0 Å². The third kappa shape index (κ3) is 3.63. The summed E-state index contributed by atoms with van der Waals surface area (Å²) in [6, 6.07) is 13.0. The fourth-order valence-electron chi connectivity index (χ4n) is 2.72. The molecular weight excluding hydrogens is 371 g/mol. The Morgan fingerprint density at radius 1 is 1.15 bits per heavy atom. The van der Waals surface area contributed by atoms with Crippen LogP contribution in [-0.4, -0.2) is 13.3 Å². The number of nitrogens with two attached hydrogens (primary N) is 1. The van der Waals surface area contributed by atoms with Crippen LogP contribution in [0.3, 0.4) is 0 Å². The molecule has 0 bridgehead atoms. The van der Waals surface area contributed by atoms with Crippen molar-refractivity contribution in [3.63, 3.8) is 0 Å². The Labute approximate surface area is 156 Å². The Morgan fingerprint density at radius 3 is 2.38 bits per heavy atom. The highest BCUT2D eigenvalue weighted by atomic mass is 32.2. The standard InChI is InChI=1S/C19H13FN2O2S2/c20-17-9-14(6-8-19(17)26(22,23)24)15-5-7-16(18(25)10-15)13-3-1-12(11-21)2-4-13/h1-10,16H,(H2,22,23,24). The van der Waals surface area contributed by atoms with Gasteiger partial charge in [0.2, 0.25) is 10.0 Å². The summed E-state index contributed by atoms with van der Waals surface area (Å²) in [5.41, 5.74) is 2.71. The van der Waals surface area contributed by atoms with Crippen LogP contribution in [0.4, 0.5) is 4.39 Å². The second-order valence-corrected chi connectivity index (χ2v) is 7.76. The van der Waals surface area contributed by atoms with Crippen LogP contribution in [0.15, 0.2) is 65.6 Å². The molecule has 3 rings (SSSR count). The molecule has 0 fully saturated rings. The minimum Gasteiger partial charge on any atom is -0.225 e. The van der Waals surface area contributed by atoms with Crippen LogP contribution >= 0.6 is 12.2 Å². The van der Waals surface area contributed by atoms with Gasteiger partial charge in [0.1, 0.15) is 10.7 Å². The lowest BCUT2D eigenvalue weighted by atomic mass is 9.88. The molecule has 0 saturated carbocycles. The molecule has 0 saturated heterocycles. The van der Waals surface area contributed by atoms with E-state index in [0.29, 0.717) is 21.6 Å². The van der Waals surface area contributed by atoms with Crippen molar-refractivity contribution in [2.75, 3.05) is 0 Å². The molecule has 1 aliphatic carbocycles. The first-order valence-corrected chi connectivity index (χ1v) is 9.51. The first-order chi connectivity index (χ1) is 12.3. The summed E-state index contributed by atoms with van der Waals surface area (Å²) in [5.74, 6) is -1.02. The normalized spacial score (nSPS) is 16.9. The molecule has 0 spiro atoms. The van der Waals surface area contributed by atoms with Gasteiger partial charge in [0.15, 0.2) is 0 Å². The van der Waals surface area contributed by atoms with Crippen molar-refractivity contribution in [2.45, 2.75) is 10.8 Å². The zero-order valence-electron chi connectivity index (χ0n) is 13.4. The smallest absolute Gasteiger partial charge is 0.225 e. The Bertz CT molecular complexity index is 1100. The monoisotopic (exact) mass is 384 g/mol. The van der Waals surface area contributed by atoms with Crippen molar-refractivity contribution >= 4 is 32.7 Å². The maximum Gasteiger partial charge on any atom is 0.240 e. The quantitative estimate of drug-likeness (QED) is 0.822. The number of primary sulfonamides is 1. The highest BCUT2D eigenvalue weighted by molar-refractivity contribution is 7.89. The van der Waals surface area contributed by atoms with Crippen LogP contribution in [0, 0.1) is 17.1 Å². The zero-order chi connectivity index (χ0) is 18.9. The number of sulfonamides is 1. The largest absolute Gasteiger partial charge is 0.240 e. The molecule has 4 nitrogen and oxygen atoms in total. The second kappa shape index (κ2) is 6.92. The Kier molecular flexibility index (Phi) is 4.83. The van der Waals surface area contributed by atoms with E-state index in [0.717, 1.165) is 17.7 Å². The van der Waals surface area contributed by atoms with E-state index >= 15 is 0 Å². The summed E-state index contributed by atoms with van der Waals surface area (Å²) < 4.78 is 36.7. The van der Waals surface area contributed by atoms with Gasteiger partial charge in [-0.1, -0.05) is 42.6 Å². The van der Waals surface area contributed by atoms with Crippen molar-refractivity contribution in [3.05, 3.63) is 83.2 Å². The van der Waals surface area contributed by atoms with Crippen LogP contribution in [0.1, 0.15) is 22.6 Å². The summed E-state index contributed by atoms with van der Waals surface area (Å²) in [4.78, 5) is 0.0998. The van der Waals surface area contributed by atoms with Gasteiger partial charge >= 0.3 is 0 Å². The van der Waals surface area contributed by atoms with Gasteiger partial charge < -0.3 is 0 Å². The van der Waals surface area contributed by atoms with E-state index in [1.165, 1.54) is 6.07 Å². The third-order valence-corrected chi connectivity index (χ3v) is 5.36. The SMILES string of the molecule is N#Cc1ccc(C2C=CC(c3ccc(S(N)(=O)=O)c(F)c3)=CC2=S)cc1. The third-order valence-electron chi connectivity index (χ3n) is 4.04. The summed E-state index contributed by atoms with van der Waals surface area (Å²) in [6.07, 6.45) is 5.46. The van der Waals surface area contributed by atoms with E-state index in [9.17, 15) is 12.8 Å². The lowest BCUT2D eigenvalue weighted by Gasteiger charge is -2.18. The molecule has 1 atom stereocenters.